The van der Waals surface area contributed by atoms with E-state index in [0.717, 1.165) is 4.88 Å². The van der Waals surface area contributed by atoms with Gasteiger partial charge < -0.3 is 16.2 Å². The zero-order valence-corrected chi connectivity index (χ0v) is 8.58. The molecule has 0 spiro atoms. The first-order valence-corrected chi connectivity index (χ1v) is 4.87. The minimum absolute atomic E-state index is 0.0356. The van der Waals surface area contributed by atoms with Crippen LogP contribution in [0.25, 0.3) is 0 Å². The molecule has 76 valence electrons. The Labute approximate surface area is 86.2 Å². The van der Waals surface area contributed by atoms with Gasteiger partial charge in [-0.25, -0.2) is 4.79 Å². The van der Waals surface area contributed by atoms with Crippen LogP contribution >= 0.6 is 11.3 Å². The molecule has 0 aliphatic heterocycles. The van der Waals surface area contributed by atoms with Crippen LogP contribution in [0.3, 0.4) is 0 Å². The number of carbonyl (C=O) groups is 1. The number of rotatable bonds is 3. The van der Waals surface area contributed by atoms with E-state index in [1.807, 2.05) is 17.5 Å². The highest BCUT2D eigenvalue weighted by Gasteiger charge is 2.09. The average Bonchev–Trinajstić information content (AvgIpc) is 2.69. The maximum absolute atomic E-state index is 10.9. The maximum atomic E-state index is 10.9. The normalized spacial score (nSPS) is 13.7. The van der Waals surface area contributed by atoms with Gasteiger partial charge in [0.2, 0.25) is 0 Å². The third-order valence-electron chi connectivity index (χ3n) is 1.65. The summed E-state index contributed by atoms with van der Waals surface area (Å²) in [5.74, 6) is -0.558. The zero-order chi connectivity index (χ0) is 10.6. The van der Waals surface area contributed by atoms with Crippen molar-refractivity contribution in [3.63, 3.8) is 0 Å². The van der Waals surface area contributed by atoms with E-state index < -0.39 is 5.97 Å². The minimum atomic E-state index is -0.558. The lowest BCUT2D eigenvalue weighted by molar-refractivity contribution is -0.136. The summed E-state index contributed by atoms with van der Waals surface area (Å²) < 4.78 is 4.45. The van der Waals surface area contributed by atoms with E-state index >= 15 is 0 Å². The quantitative estimate of drug-likeness (QED) is 0.573. The molecule has 0 radical (unpaired) electrons. The van der Waals surface area contributed by atoms with Crippen LogP contribution in [0.4, 0.5) is 0 Å². The molecule has 0 bridgehead atoms. The Morgan fingerprint density at radius 1 is 1.71 bits per heavy atom. The van der Waals surface area contributed by atoms with Crippen molar-refractivity contribution in [1.29, 1.82) is 0 Å². The Kier molecular flexibility index (Phi) is 3.67. The van der Waals surface area contributed by atoms with Crippen LogP contribution in [-0.2, 0) is 9.53 Å². The molecule has 0 saturated carbocycles. The summed E-state index contributed by atoms with van der Waals surface area (Å²) in [5, 5.41) is 1.91. The first-order chi connectivity index (χ1) is 6.65. The van der Waals surface area contributed by atoms with Crippen molar-refractivity contribution in [2.75, 3.05) is 7.11 Å². The number of methoxy groups -OCH3 is 1. The molecular weight excluding hydrogens is 200 g/mol. The molecule has 0 aromatic carbocycles. The number of carbonyl (C=O) groups excluding carboxylic acids is 1. The van der Waals surface area contributed by atoms with Crippen LogP contribution in [0.2, 0.25) is 0 Å². The molecule has 0 fully saturated rings. The molecule has 4 N–H and O–H groups in total. The number of thiophene rings is 1. The Hall–Kier alpha value is -1.33. The van der Waals surface area contributed by atoms with E-state index in [9.17, 15) is 4.79 Å². The summed E-state index contributed by atoms with van der Waals surface area (Å²) in [6.45, 7) is 0. The number of esters is 1. The fraction of sp³-hybridized carbons (Fsp3) is 0.222. The first-order valence-electron chi connectivity index (χ1n) is 3.99. The van der Waals surface area contributed by atoms with Crippen molar-refractivity contribution in [1.82, 2.24) is 0 Å². The lowest BCUT2D eigenvalue weighted by Gasteiger charge is -2.04. The average molecular weight is 212 g/mol. The fourth-order valence-corrected chi connectivity index (χ4v) is 1.64. The number of nitrogens with two attached hydrogens (primary N) is 2. The van der Waals surface area contributed by atoms with E-state index in [1.54, 1.807) is 0 Å². The molecule has 0 saturated heterocycles. The van der Waals surface area contributed by atoms with E-state index in [1.165, 1.54) is 24.5 Å². The molecule has 5 heteroatoms. The fourth-order valence-electron chi connectivity index (χ4n) is 0.942. The van der Waals surface area contributed by atoms with E-state index in [0.29, 0.717) is 0 Å². The first kappa shape index (κ1) is 10.7. The van der Waals surface area contributed by atoms with Crippen LogP contribution in [0.15, 0.2) is 29.3 Å². The van der Waals surface area contributed by atoms with Crippen molar-refractivity contribution in [3.05, 3.63) is 34.2 Å². The lowest BCUT2D eigenvalue weighted by atomic mass is 10.2. The minimum Gasteiger partial charge on any atom is -0.464 e. The maximum Gasteiger partial charge on any atom is 0.353 e. The molecule has 4 nitrogen and oxygen atoms in total. The number of hydrogen-bond donors (Lipinski definition) is 2. The molecule has 0 amide bonds. The Morgan fingerprint density at radius 3 is 2.93 bits per heavy atom. The van der Waals surface area contributed by atoms with Crippen molar-refractivity contribution in [3.8, 4) is 0 Å². The van der Waals surface area contributed by atoms with Gasteiger partial charge in [-0.1, -0.05) is 6.07 Å². The standard InChI is InChI=1S/C9H12N2O2S/c1-13-9(12)7(11)5-6(10)8-3-2-4-14-8/h2-6H,10-11H2,1H3/b7-5-. The highest BCUT2D eigenvalue weighted by atomic mass is 32.1. The smallest absolute Gasteiger partial charge is 0.353 e. The highest BCUT2D eigenvalue weighted by molar-refractivity contribution is 7.10. The largest absolute Gasteiger partial charge is 0.464 e. The van der Waals surface area contributed by atoms with Gasteiger partial charge in [-0.15, -0.1) is 11.3 Å². The second-order valence-corrected chi connectivity index (χ2v) is 3.63. The molecule has 14 heavy (non-hydrogen) atoms. The van der Waals surface area contributed by atoms with Crippen molar-refractivity contribution < 1.29 is 9.53 Å². The summed E-state index contributed by atoms with van der Waals surface area (Å²) in [6.07, 6.45) is 1.48. The predicted octanol–water partition coefficient (Wildman–Crippen LogP) is 0.763. The van der Waals surface area contributed by atoms with Crippen LogP contribution in [0.5, 0.6) is 0 Å². The second-order valence-electron chi connectivity index (χ2n) is 2.65. The van der Waals surface area contributed by atoms with Gasteiger partial charge in [-0.05, 0) is 17.5 Å². The monoisotopic (exact) mass is 212 g/mol. The van der Waals surface area contributed by atoms with Crippen molar-refractivity contribution in [2.24, 2.45) is 11.5 Å². The molecule has 0 aliphatic carbocycles. The zero-order valence-electron chi connectivity index (χ0n) is 7.77. The van der Waals surface area contributed by atoms with E-state index in [4.69, 9.17) is 11.5 Å². The summed E-state index contributed by atoms with van der Waals surface area (Å²) in [5.41, 5.74) is 11.3. The van der Waals surface area contributed by atoms with Gasteiger partial charge >= 0.3 is 5.97 Å². The molecule has 1 unspecified atom stereocenters. The van der Waals surface area contributed by atoms with Crippen LogP contribution in [0.1, 0.15) is 10.9 Å². The topological polar surface area (TPSA) is 78.3 Å². The summed E-state index contributed by atoms with van der Waals surface area (Å²) >= 11 is 1.52. The Balaban J connectivity index is 2.72. The van der Waals surface area contributed by atoms with Crippen molar-refractivity contribution in [2.45, 2.75) is 6.04 Å². The van der Waals surface area contributed by atoms with Gasteiger partial charge in [-0.3, -0.25) is 0 Å². The highest BCUT2D eigenvalue weighted by Crippen LogP contribution is 2.18. The molecular formula is C9H12N2O2S. The molecule has 1 heterocycles. The van der Waals surface area contributed by atoms with Crippen molar-refractivity contribution >= 4 is 17.3 Å². The molecule has 1 atom stereocenters. The van der Waals surface area contributed by atoms with Gasteiger partial charge in [0.05, 0.1) is 13.2 Å². The second kappa shape index (κ2) is 4.78. The molecule has 1 aromatic rings. The van der Waals surface area contributed by atoms with Crippen LogP contribution < -0.4 is 11.5 Å². The molecule has 1 rings (SSSR count). The van der Waals surface area contributed by atoms with E-state index in [-0.39, 0.29) is 11.7 Å². The predicted molar refractivity (Wildman–Crippen MR) is 55.5 cm³/mol. The molecule has 1 aromatic heterocycles. The molecule has 0 aliphatic rings. The van der Waals surface area contributed by atoms with Crippen LogP contribution in [-0.4, -0.2) is 13.1 Å². The Bertz CT molecular complexity index is 333. The Morgan fingerprint density at radius 2 is 2.43 bits per heavy atom. The van der Waals surface area contributed by atoms with Gasteiger partial charge in [0.1, 0.15) is 5.70 Å². The third kappa shape index (κ3) is 2.58. The van der Waals surface area contributed by atoms with Gasteiger partial charge in [-0.2, -0.15) is 0 Å². The summed E-state index contributed by atoms with van der Waals surface area (Å²) in [7, 11) is 1.28. The van der Waals surface area contributed by atoms with Gasteiger partial charge in [0.25, 0.3) is 0 Å². The third-order valence-corrected chi connectivity index (χ3v) is 2.63. The van der Waals surface area contributed by atoms with E-state index in [2.05, 4.69) is 4.74 Å². The number of ether oxygens (including phenoxy) is 1. The summed E-state index contributed by atoms with van der Waals surface area (Å²) in [4.78, 5) is 11.9. The van der Waals surface area contributed by atoms with Crippen LogP contribution in [0, 0.1) is 0 Å². The summed E-state index contributed by atoms with van der Waals surface area (Å²) in [6, 6.07) is 3.42. The SMILES string of the molecule is COC(=O)/C(N)=C/C(N)c1cccs1. The number of hydrogen-bond acceptors (Lipinski definition) is 5. The van der Waals surface area contributed by atoms with Gasteiger partial charge in [0.15, 0.2) is 0 Å². The van der Waals surface area contributed by atoms with Gasteiger partial charge in [0, 0.05) is 4.88 Å². The lowest BCUT2D eigenvalue weighted by Crippen LogP contribution is -2.16.